The molecule has 0 bridgehead atoms. The molecule has 0 N–H and O–H groups in total. The van der Waals surface area contributed by atoms with Crippen molar-refractivity contribution in [3.05, 3.63) is 40.5 Å². The summed E-state index contributed by atoms with van der Waals surface area (Å²) in [6, 6.07) is 6.04. The highest BCUT2D eigenvalue weighted by Gasteiger charge is 2.19. The van der Waals surface area contributed by atoms with Gasteiger partial charge < -0.3 is 13.9 Å². The summed E-state index contributed by atoms with van der Waals surface area (Å²) in [7, 11) is 1.71. The Hall–Kier alpha value is -1.90. The molecule has 0 saturated heterocycles. The van der Waals surface area contributed by atoms with Crippen molar-refractivity contribution in [2.24, 2.45) is 0 Å². The third-order valence-electron chi connectivity index (χ3n) is 4.71. The van der Waals surface area contributed by atoms with E-state index in [0.29, 0.717) is 5.75 Å². The number of methoxy groups -OCH3 is 1. The van der Waals surface area contributed by atoms with Crippen molar-refractivity contribution in [1.82, 2.24) is 19.3 Å². The number of aryl methyl sites for hydroxylation is 1. The number of thioether (sulfide) groups is 1. The molecule has 0 amide bonds. The first-order valence-electron chi connectivity index (χ1n) is 9.35. The number of aromatic nitrogens is 4. The lowest BCUT2D eigenvalue weighted by Crippen LogP contribution is -2.08. The van der Waals surface area contributed by atoms with E-state index in [9.17, 15) is 4.79 Å². The van der Waals surface area contributed by atoms with Gasteiger partial charge in [-0.2, -0.15) is 0 Å². The molecule has 8 heteroatoms. The molecule has 0 aliphatic carbocycles. The molecule has 0 aromatic carbocycles. The first kappa shape index (κ1) is 20.8. The Morgan fingerprint density at radius 2 is 2.11 bits per heavy atom. The number of ketones is 1. The van der Waals surface area contributed by atoms with Crippen LogP contribution in [0.25, 0.3) is 10.7 Å². The summed E-state index contributed by atoms with van der Waals surface area (Å²) in [6.07, 6.45) is 0.931. The molecule has 28 heavy (non-hydrogen) atoms. The van der Waals surface area contributed by atoms with Crippen LogP contribution in [0, 0.1) is 13.8 Å². The fraction of sp³-hybridized carbons (Fsp3) is 0.450. The van der Waals surface area contributed by atoms with Crippen LogP contribution in [-0.2, 0) is 17.8 Å². The number of hydrogen-bond donors (Lipinski definition) is 0. The van der Waals surface area contributed by atoms with Crippen molar-refractivity contribution < 1.29 is 9.53 Å². The van der Waals surface area contributed by atoms with E-state index in [-0.39, 0.29) is 5.78 Å². The van der Waals surface area contributed by atoms with Crippen LogP contribution in [-0.4, -0.2) is 44.6 Å². The van der Waals surface area contributed by atoms with Crippen molar-refractivity contribution in [3.8, 4) is 10.7 Å². The van der Waals surface area contributed by atoms with E-state index in [1.165, 1.54) is 11.8 Å². The van der Waals surface area contributed by atoms with Gasteiger partial charge in [-0.15, -0.1) is 21.5 Å². The minimum atomic E-state index is 0.124. The topological polar surface area (TPSA) is 61.9 Å². The smallest absolute Gasteiger partial charge is 0.191 e. The lowest BCUT2D eigenvalue weighted by atomic mass is 10.2. The summed E-state index contributed by atoms with van der Waals surface area (Å²) < 4.78 is 9.40. The van der Waals surface area contributed by atoms with Crippen molar-refractivity contribution >= 4 is 28.9 Å². The number of carbonyl (C=O) groups is 1. The maximum atomic E-state index is 12.9. The van der Waals surface area contributed by atoms with Gasteiger partial charge in [0.15, 0.2) is 16.8 Å². The Kier molecular flexibility index (Phi) is 7.09. The average molecular weight is 419 g/mol. The lowest BCUT2D eigenvalue weighted by Gasteiger charge is -2.09. The number of nitrogens with zero attached hydrogens (tertiary/aromatic N) is 4. The summed E-state index contributed by atoms with van der Waals surface area (Å²) >= 11 is 3.10. The highest BCUT2D eigenvalue weighted by atomic mass is 32.2. The Balaban J connectivity index is 1.70. The Morgan fingerprint density at radius 3 is 2.79 bits per heavy atom. The molecule has 0 aliphatic heterocycles. The van der Waals surface area contributed by atoms with Crippen LogP contribution in [0.5, 0.6) is 0 Å². The SMILES string of the molecule is CCn1c(SCC(=O)c2cc(C)n(CCCOC)c2C)nnc1-c1cccs1. The number of Topliss-reactive ketones (excluding diaryl/α,β-unsaturated/α-hetero) is 1. The summed E-state index contributed by atoms with van der Waals surface area (Å²) in [6.45, 7) is 8.48. The van der Waals surface area contributed by atoms with Crippen LogP contribution >= 0.6 is 23.1 Å². The van der Waals surface area contributed by atoms with Crippen molar-refractivity contribution in [2.75, 3.05) is 19.5 Å². The van der Waals surface area contributed by atoms with E-state index in [2.05, 4.69) is 26.3 Å². The molecule has 3 rings (SSSR count). The summed E-state index contributed by atoms with van der Waals surface area (Å²) in [5, 5.41) is 11.5. The van der Waals surface area contributed by atoms with Gasteiger partial charge in [-0.25, -0.2) is 0 Å². The van der Waals surface area contributed by atoms with Crippen LogP contribution in [0.4, 0.5) is 0 Å². The van der Waals surface area contributed by atoms with E-state index in [4.69, 9.17) is 4.74 Å². The van der Waals surface area contributed by atoms with Gasteiger partial charge in [-0.05, 0) is 44.7 Å². The highest BCUT2D eigenvalue weighted by molar-refractivity contribution is 7.99. The third-order valence-corrected chi connectivity index (χ3v) is 6.54. The zero-order valence-corrected chi connectivity index (χ0v) is 18.4. The van der Waals surface area contributed by atoms with Crippen molar-refractivity contribution in [3.63, 3.8) is 0 Å². The van der Waals surface area contributed by atoms with E-state index in [0.717, 1.165) is 58.9 Å². The third kappa shape index (κ3) is 4.39. The largest absolute Gasteiger partial charge is 0.385 e. The fourth-order valence-electron chi connectivity index (χ4n) is 3.27. The van der Waals surface area contributed by atoms with Crippen LogP contribution in [0.1, 0.15) is 35.1 Å². The monoisotopic (exact) mass is 418 g/mol. The van der Waals surface area contributed by atoms with Crippen LogP contribution in [0.2, 0.25) is 0 Å². The van der Waals surface area contributed by atoms with Crippen molar-refractivity contribution in [2.45, 2.75) is 45.4 Å². The maximum absolute atomic E-state index is 12.9. The molecular weight excluding hydrogens is 392 g/mol. The number of rotatable bonds is 10. The number of ether oxygens (including phenoxy) is 1. The molecule has 150 valence electrons. The Labute approximate surface area is 173 Å². The minimum absolute atomic E-state index is 0.124. The van der Waals surface area contributed by atoms with E-state index in [1.54, 1.807) is 18.4 Å². The highest BCUT2D eigenvalue weighted by Crippen LogP contribution is 2.28. The predicted octanol–water partition coefficient (Wildman–Crippen LogP) is 4.46. The van der Waals surface area contributed by atoms with Gasteiger partial charge in [-0.3, -0.25) is 4.79 Å². The number of thiophene rings is 1. The van der Waals surface area contributed by atoms with Gasteiger partial charge in [0.05, 0.1) is 10.6 Å². The first-order chi connectivity index (χ1) is 13.6. The molecular formula is C20H26N4O2S2. The Bertz CT molecular complexity index is 929. The first-order valence-corrected chi connectivity index (χ1v) is 11.2. The van der Waals surface area contributed by atoms with Gasteiger partial charge in [0.25, 0.3) is 0 Å². The number of hydrogen-bond acceptors (Lipinski definition) is 6. The van der Waals surface area contributed by atoms with Gasteiger partial charge in [0.1, 0.15) is 0 Å². The van der Waals surface area contributed by atoms with Gasteiger partial charge >= 0.3 is 0 Å². The quantitative estimate of drug-likeness (QED) is 0.276. The second-order valence-corrected chi connectivity index (χ2v) is 8.41. The van der Waals surface area contributed by atoms with E-state index < -0.39 is 0 Å². The zero-order chi connectivity index (χ0) is 20.1. The van der Waals surface area contributed by atoms with Crippen LogP contribution in [0.3, 0.4) is 0 Å². The van der Waals surface area contributed by atoms with Crippen LogP contribution < -0.4 is 0 Å². The Morgan fingerprint density at radius 1 is 1.29 bits per heavy atom. The summed E-state index contributed by atoms with van der Waals surface area (Å²) in [4.78, 5) is 13.9. The molecule has 6 nitrogen and oxygen atoms in total. The van der Waals surface area contributed by atoms with Gasteiger partial charge in [0, 0.05) is 43.8 Å². The predicted molar refractivity (Wildman–Crippen MR) is 114 cm³/mol. The number of carbonyl (C=O) groups excluding carboxylic acids is 1. The maximum Gasteiger partial charge on any atom is 0.191 e. The molecule has 0 fully saturated rings. The molecule has 3 aromatic heterocycles. The van der Waals surface area contributed by atoms with Crippen LogP contribution in [0.15, 0.2) is 28.7 Å². The molecule has 3 aromatic rings. The normalized spacial score (nSPS) is 11.3. The zero-order valence-electron chi connectivity index (χ0n) is 16.8. The van der Waals surface area contributed by atoms with Crippen molar-refractivity contribution in [1.29, 1.82) is 0 Å². The standard InChI is InChI=1S/C20H26N4O2S2/c1-5-23-19(18-8-6-11-27-18)21-22-20(23)28-13-17(25)16-12-14(2)24(15(16)3)9-7-10-26-4/h6,8,11-12H,5,7,9-10,13H2,1-4H3. The summed E-state index contributed by atoms with van der Waals surface area (Å²) in [5.41, 5.74) is 2.93. The molecule has 0 radical (unpaired) electrons. The summed E-state index contributed by atoms with van der Waals surface area (Å²) in [5.74, 6) is 1.34. The molecule has 0 atom stereocenters. The fourth-order valence-corrected chi connectivity index (χ4v) is 4.87. The second kappa shape index (κ2) is 9.54. The molecule has 0 aliphatic rings. The lowest BCUT2D eigenvalue weighted by molar-refractivity contribution is 0.102. The van der Waals surface area contributed by atoms with Gasteiger partial charge in [-0.1, -0.05) is 17.8 Å². The van der Waals surface area contributed by atoms with Gasteiger partial charge in [0.2, 0.25) is 0 Å². The molecule has 0 spiro atoms. The second-order valence-electron chi connectivity index (χ2n) is 6.52. The molecule has 3 heterocycles. The van der Waals surface area contributed by atoms with E-state index in [1.807, 2.05) is 37.4 Å². The van der Waals surface area contributed by atoms with E-state index >= 15 is 0 Å². The minimum Gasteiger partial charge on any atom is -0.385 e. The average Bonchev–Trinajstić information content (AvgIpc) is 3.40. The molecule has 0 unspecified atom stereocenters. The molecule has 0 saturated carbocycles.